The van der Waals surface area contributed by atoms with Crippen molar-refractivity contribution in [2.24, 2.45) is 0 Å². The molecule has 2 rings (SSSR count). The maximum absolute atomic E-state index is 13.6. The number of hydrogen-bond donors (Lipinski definition) is 1. The van der Waals surface area contributed by atoms with Gasteiger partial charge in [0, 0.05) is 16.6 Å². The van der Waals surface area contributed by atoms with E-state index < -0.39 is 39.2 Å². The van der Waals surface area contributed by atoms with Gasteiger partial charge in [-0.15, -0.1) is 11.8 Å². The lowest BCUT2D eigenvalue weighted by Gasteiger charge is -2.12. The minimum absolute atomic E-state index is 0.0280. The first-order valence-corrected chi connectivity index (χ1v) is 7.52. The Hall–Kier alpha value is -2.55. The third-order valence-electron chi connectivity index (χ3n) is 2.98. The second-order valence-electron chi connectivity index (χ2n) is 4.75. The molecule has 0 fully saturated rings. The molecule has 0 heterocycles. The maximum Gasteiger partial charge on any atom is 0.306 e. The van der Waals surface area contributed by atoms with E-state index in [1.165, 1.54) is 13.0 Å². The van der Waals surface area contributed by atoms with Gasteiger partial charge in [-0.1, -0.05) is 0 Å². The number of nitro benzene ring substituents is 1. The third kappa shape index (κ3) is 4.25. The molecule has 0 aliphatic heterocycles. The van der Waals surface area contributed by atoms with Crippen LogP contribution in [-0.2, 0) is 4.79 Å². The molecule has 24 heavy (non-hydrogen) atoms. The molecule has 0 aromatic heterocycles. The fraction of sp³-hybridized carbons (Fsp3) is 0.133. The summed E-state index contributed by atoms with van der Waals surface area (Å²) in [7, 11) is 0. The molecule has 0 bridgehead atoms. The van der Waals surface area contributed by atoms with Crippen LogP contribution >= 0.6 is 11.8 Å². The van der Waals surface area contributed by atoms with Crippen LogP contribution in [0.25, 0.3) is 0 Å². The molecule has 0 radical (unpaired) electrons. The van der Waals surface area contributed by atoms with Gasteiger partial charge in [0.25, 0.3) is 0 Å². The predicted molar refractivity (Wildman–Crippen MR) is 83.4 cm³/mol. The zero-order valence-electron chi connectivity index (χ0n) is 12.3. The van der Waals surface area contributed by atoms with E-state index in [9.17, 15) is 28.1 Å². The van der Waals surface area contributed by atoms with E-state index in [0.29, 0.717) is 0 Å². The molecule has 0 aliphatic rings. The quantitative estimate of drug-likeness (QED) is 0.497. The summed E-state index contributed by atoms with van der Waals surface area (Å²) in [5.41, 5.74) is -0.746. The van der Waals surface area contributed by atoms with Gasteiger partial charge in [0.2, 0.25) is 11.7 Å². The molecule has 5 nitrogen and oxygen atoms in total. The van der Waals surface area contributed by atoms with Crippen molar-refractivity contribution >= 4 is 29.0 Å². The number of nitrogens with zero attached hydrogens (tertiary/aromatic N) is 1. The Balaban J connectivity index is 2.10. The number of anilines is 1. The van der Waals surface area contributed by atoms with Crippen LogP contribution in [0.5, 0.6) is 0 Å². The molecule has 0 saturated heterocycles. The first kappa shape index (κ1) is 17.8. The minimum Gasteiger partial charge on any atom is -0.325 e. The largest absolute Gasteiger partial charge is 0.325 e. The number of benzene rings is 2. The fourth-order valence-corrected chi connectivity index (χ4v) is 2.69. The van der Waals surface area contributed by atoms with Crippen molar-refractivity contribution in [1.82, 2.24) is 0 Å². The van der Waals surface area contributed by atoms with E-state index >= 15 is 0 Å². The Labute approximate surface area is 139 Å². The average Bonchev–Trinajstić information content (AvgIpc) is 2.52. The summed E-state index contributed by atoms with van der Waals surface area (Å²) in [6.45, 7) is 1.46. The molecule has 126 valence electrons. The van der Waals surface area contributed by atoms with Crippen molar-refractivity contribution in [3.8, 4) is 0 Å². The van der Waals surface area contributed by atoms with Crippen molar-refractivity contribution < 1.29 is 22.9 Å². The lowest BCUT2D eigenvalue weighted by Crippen LogP contribution is -2.22. The topological polar surface area (TPSA) is 72.2 Å². The molecule has 0 spiro atoms. The van der Waals surface area contributed by atoms with E-state index in [2.05, 4.69) is 5.32 Å². The summed E-state index contributed by atoms with van der Waals surface area (Å²) in [4.78, 5) is 21.8. The highest BCUT2D eigenvalue weighted by Crippen LogP contribution is 2.28. The maximum atomic E-state index is 13.6. The SMILES string of the molecule is C[C@H](Sc1cc(F)ccc1F)C(=O)Nc1ccc(F)c([N+](=O)[O-])c1. The van der Waals surface area contributed by atoms with Crippen LogP contribution in [0.1, 0.15) is 6.92 Å². The smallest absolute Gasteiger partial charge is 0.306 e. The van der Waals surface area contributed by atoms with Crippen molar-refractivity contribution in [1.29, 1.82) is 0 Å². The van der Waals surface area contributed by atoms with E-state index in [1.807, 2.05) is 0 Å². The molecule has 0 saturated carbocycles. The van der Waals surface area contributed by atoms with Crippen molar-refractivity contribution in [2.45, 2.75) is 17.1 Å². The number of amides is 1. The molecule has 1 amide bonds. The van der Waals surface area contributed by atoms with Crippen LogP contribution in [0, 0.1) is 27.6 Å². The average molecular weight is 356 g/mol. The number of carbonyl (C=O) groups excluding carboxylic acids is 1. The number of rotatable bonds is 5. The van der Waals surface area contributed by atoms with Crippen LogP contribution in [-0.4, -0.2) is 16.1 Å². The summed E-state index contributed by atoms with van der Waals surface area (Å²) in [5.74, 6) is -2.93. The Morgan fingerprint density at radius 1 is 1.17 bits per heavy atom. The number of hydrogen-bond acceptors (Lipinski definition) is 4. The van der Waals surface area contributed by atoms with Crippen LogP contribution in [0.4, 0.5) is 24.5 Å². The summed E-state index contributed by atoms with van der Waals surface area (Å²) < 4.78 is 39.9. The summed E-state index contributed by atoms with van der Waals surface area (Å²) in [5, 5.41) is 12.2. The minimum atomic E-state index is -1.03. The first-order valence-electron chi connectivity index (χ1n) is 6.64. The summed E-state index contributed by atoms with van der Waals surface area (Å²) in [6, 6.07) is 5.78. The highest BCUT2D eigenvalue weighted by molar-refractivity contribution is 8.00. The van der Waals surface area contributed by atoms with E-state index in [-0.39, 0.29) is 10.6 Å². The zero-order chi connectivity index (χ0) is 17.9. The monoisotopic (exact) mass is 356 g/mol. The lowest BCUT2D eigenvalue weighted by atomic mass is 10.2. The second-order valence-corrected chi connectivity index (χ2v) is 6.13. The van der Waals surface area contributed by atoms with E-state index in [0.717, 1.165) is 42.1 Å². The molecular weight excluding hydrogens is 345 g/mol. The first-order chi connectivity index (χ1) is 11.3. The predicted octanol–water partition coefficient (Wildman–Crippen LogP) is 4.13. The number of nitro groups is 1. The molecule has 0 aliphatic carbocycles. The number of nitrogens with one attached hydrogen (secondary N) is 1. The highest BCUT2D eigenvalue weighted by atomic mass is 32.2. The molecule has 2 aromatic rings. The van der Waals surface area contributed by atoms with Crippen LogP contribution in [0.2, 0.25) is 0 Å². The third-order valence-corrected chi connectivity index (χ3v) is 4.11. The van der Waals surface area contributed by atoms with E-state index in [4.69, 9.17) is 0 Å². The van der Waals surface area contributed by atoms with Gasteiger partial charge in [0.1, 0.15) is 11.6 Å². The van der Waals surface area contributed by atoms with Gasteiger partial charge < -0.3 is 5.32 Å². The van der Waals surface area contributed by atoms with Gasteiger partial charge in [-0.2, -0.15) is 4.39 Å². The van der Waals surface area contributed by atoms with Gasteiger partial charge in [-0.3, -0.25) is 14.9 Å². The molecule has 9 heteroatoms. The van der Waals surface area contributed by atoms with Gasteiger partial charge in [-0.05, 0) is 37.3 Å². The Kier molecular flexibility index (Phi) is 5.45. The van der Waals surface area contributed by atoms with Gasteiger partial charge in [-0.25, -0.2) is 8.78 Å². The van der Waals surface area contributed by atoms with Gasteiger partial charge in [0.15, 0.2) is 0 Å². The van der Waals surface area contributed by atoms with Crippen LogP contribution < -0.4 is 5.32 Å². The van der Waals surface area contributed by atoms with Crippen LogP contribution in [0.15, 0.2) is 41.3 Å². The number of carbonyl (C=O) groups is 1. The highest BCUT2D eigenvalue weighted by Gasteiger charge is 2.19. The Bertz CT molecular complexity index is 802. The molecule has 1 atom stereocenters. The Morgan fingerprint density at radius 2 is 1.83 bits per heavy atom. The van der Waals surface area contributed by atoms with Crippen LogP contribution in [0.3, 0.4) is 0 Å². The molecular formula is C15H11F3N2O3S. The second kappa shape index (κ2) is 7.35. The molecule has 2 aromatic carbocycles. The summed E-state index contributed by atoms with van der Waals surface area (Å²) >= 11 is 0.790. The van der Waals surface area contributed by atoms with E-state index in [1.54, 1.807) is 0 Å². The van der Waals surface area contributed by atoms with Crippen molar-refractivity contribution in [3.05, 3.63) is 64.0 Å². The van der Waals surface area contributed by atoms with Gasteiger partial charge >= 0.3 is 5.69 Å². The Morgan fingerprint density at radius 3 is 2.50 bits per heavy atom. The standard InChI is InChI=1S/C15H11F3N2O3S/c1-8(24-14-6-9(16)2-4-12(14)18)15(21)19-10-3-5-11(17)13(7-10)20(22)23/h2-8H,1H3,(H,19,21)/t8-/m0/s1. The lowest BCUT2D eigenvalue weighted by molar-refractivity contribution is -0.387. The van der Waals surface area contributed by atoms with Crippen molar-refractivity contribution in [2.75, 3.05) is 5.32 Å². The fourth-order valence-electron chi connectivity index (χ4n) is 1.79. The molecule has 1 N–H and O–H groups in total. The van der Waals surface area contributed by atoms with Gasteiger partial charge in [0.05, 0.1) is 10.2 Å². The number of thioether (sulfide) groups is 1. The number of halogens is 3. The van der Waals surface area contributed by atoms with Crippen molar-refractivity contribution in [3.63, 3.8) is 0 Å². The summed E-state index contributed by atoms with van der Waals surface area (Å²) in [6.07, 6.45) is 0. The zero-order valence-corrected chi connectivity index (χ0v) is 13.1. The molecule has 0 unspecified atom stereocenters. The normalized spacial score (nSPS) is 11.8.